The Morgan fingerprint density at radius 3 is 2.28 bits per heavy atom. The van der Waals surface area contributed by atoms with E-state index >= 15 is 0 Å². The molecule has 2 rings (SSSR count). The number of hydrogen-bond acceptors (Lipinski definition) is 6. The van der Waals surface area contributed by atoms with Crippen molar-refractivity contribution in [3.8, 4) is 17.2 Å². The molecule has 0 heterocycles. The lowest BCUT2D eigenvalue weighted by atomic mass is 10.1. The first kappa shape index (κ1) is 21.9. The van der Waals surface area contributed by atoms with Gasteiger partial charge in [0.05, 0.1) is 35.0 Å². The Balaban J connectivity index is 2.20. The molecule has 156 valence electrons. The normalized spacial score (nSPS) is 10.9. The van der Waals surface area contributed by atoms with E-state index in [9.17, 15) is 4.79 Å². The maximum Gasteiger partial charge on any atom is 0.341 e. The van der Waals surface area contributed by atoms with Gasteiger partial charge in [-0.2, -0.15) is 0 Å². The molecule has 0 aliphatic carbocycles. The highest BCUT2D eigenvalue weighted by atomic mass is 16.5. The molecule has 2 aromatic rings. The highest BCUT2D eigenvalue weighted by Gasteiger charge is 2.13. The molecule has 0 radical (unpaired) electrons. The average Bonchev–Trinajstić information content (AvgIpc) is 2.76. The number of esters is 1. The number of benzene rings is 2. The smallest absolute Gasteiger partial charge is 0.341 e. The molecule has 0 unspecified atom stereocenters. The van der Waals surface area contributed by atoms with Crippen molar-refractivity contribution < 1.29 is 23.7 Å². The number of carbonyl (C=O) groups is 1. The third-order valence-electron chi connectivity index (χ3n) is 4.08. The van der Waals surface area contributed by atoms with Crippen molar-refractivity contribution in [1.82, 2.24) is 5.32 Å². The van der Waals surface area contributed by atoms with E-state index in [1.165, 1.54) is 14.2 Å². The quantitative estimate of drug-likeness (QED) is 0.399. The van der Waals surface area contributed by atoms with Gasteiger partial charge in [0.2, 0.25) is 0 Å². The maximum absolute atomic E-state index is 11.8. The molecule has 0 saturated heterocycles. The van der Waals surface area contributed by atoms with E-state index in [1.807, 2.05) is 31.2 Å². The molecule has 0 aliphatic heterocycles. The predicted molar refractivity (Wildman–Crippen MR) is 112 cm³/mol. The summed E-state index contributed by atoms with van der Waals surface area (Å²) in [7, 11) is 6.03. The van der Waals surface area contributed by atoms with Crippen molar-refractivity contribution in [1.29, 1.82) is 0 Å². The summed E-state index contributed by atoms with van der Waals surface area (Å²) in [6.07, 6.45) is 0. The molecule has 8 nitrogen and oxygen atoms in total. The lowest BCUT2D eigenvalue weighted by Gasteiger charge is -2.14. The number of nitrogens with zero attached hydrogens (tertiary/aromatic N) is 1. The van der Waals surface area contributed by atoms with Gasteiger partial charge in [-0.3, -0.25) is 0 Å². The molecule has 0 bridgehead atoms. The minimum absolute atomic E-state index is 0.373. The van der Waals surface area contributed by atoms with Gasteiger partial charge in [0, 0.05) is 18.3 Å². The minimum Gasteiger partial charge on any atom is -0.496 e. The van der Waals surface area contributed by atoms with Crippen molar-refractivity contribution in [3.63, 3.8) is 0 Å². The van der Waals surface area contributed by atoms with Crippen LogP contribution in [-0.4, -0.2) is 46.9 Å². The number of methoxy groups -OCH3 is 4. The summed E-state index contributed by atoms with van der Waals surface area (Å²) in [5.41, 5.74) is 2.07. The highest BCUT2D eigenvalue weighted by Crippen LogP contribution is 2.29. The fourth-order valence-corrected chi connectivity index (χ4v) is 2.64. The standard InChI is InChI=1S/C21H27N3O5/c1-6-22-21(24-15-8-10-17(26-2)19(12-15)28-4)23-13-14-7-9-16(20(25)29-5)18(11-14)27-3/h7-12H,6,13H2,1-5H3,(H2,22,23,24). The van der Waals surface area contributed by atoms with Crippen LogP contribution >= 0.6 is 0 Å². The third kappa shape index (κ3) is 5.78. The van der Waals surface area contributed by atoms with Crippen molar-refractivity contribution in [2.24, 2.45) is 4.99 Å². The van der Waals surface area contributed by atoms with Gasteiger partial charge in [0.1, 0.15) is 11.3 Å². The number of rotatable bonds is 8. The molecule has 29 heavy (non-hydrogen) atoms. The zero-order valence-electron chi connectivity index (χ0n) is 17.4. The molecule has 0 aliphatic rings. The topological polar surface area (TPSA) is 90.4 Å². The summed E-state index contributed by atoms with van der Waals surface area (Å²) in [4.78, 5) is 16.4. The lowest BCUT2D eigenvalue weighted by molar-refractivity contribution is 0.0597. The van der Waals surface area contributed by atoms with Crippen LogP contribution in [0.3, 0.4) is 0 Å². The monoisotopic (exact) mass is 401 g/mol. The fraction of sp³-hybridized carbons (Fsp3) is 0.333. The van der Waals surface area contributed by atoms with Crippen LogP contribution in [0.5, 0.6) is 17.2 Å². The Morgan fingerprint density at radius 1 is 0.931 bits per heavy atom. The summed E-state index contributed by atoms with van der Waals surface area (Å²) in [6, 6.07) is 10.8. The van der Waals surface area contributed by atoms with Crippen LogP contribution < -0.4 is 24.8 Å². The van der Waals surface area contributed by atoms with Gasteiger partial charge in [-0.1, -0.05) is 6.07 Å². The number of hydrogen-bond donors (Lipinski definition) is 2. The summed E-state index contributed by atoms with van der Waals surface area (Å²) in [6.45, 7) is 3.07. The van der Waals surface area contributed by atoms with Gasteiger partial charge >= 0.3 is 5.97 Å². The van der Waals surface area contributed by atoms with Crippen LogP contribution in [0.25, 0.3) is 0 Å². The number of ether oxygens (including phenoxy) is 4. The maximum atomic E-state index is 11.8. The Hall–Kier alpha value is -3.42. The molecular formula is C21H27N3O5. The highest BCUT2D eigenvalue weighted by molar-refractivity contribution is 5.94. The van der Waals surface area contributed by atoms with Crippen LogP contribution in [-0.2, 0) is 11.3 Å². The zero-order valence-corrected chi connectivity index (χ0v) is 17.4. The predicted octanol–water partition coefficient (Wildman–Crippen LogP) is 3.08. The average molecular weight is 401 g/mol. The molecule has 8 heteroatoms. The van der Waals surface area contributed by atoms with E-state index in [1.54, 1.807) is 26.4 Å². The molecular weight excluding hydrogens is 374 g/mol. The third-order valence-corrected chi connectivity index (χ3v) is 4.08. The van der Waals surface area contributed by atoms with Crippen LogP contribution in [0.15, 0.2) is 41.4 Å². The second-order valence-electron chi connectivity index (χ2n) is 5.92. The second kappa shape index (κ2) is 10.8. The minimum atomic E-state index is -0.444. The van der Waals surface area contributed by atoms with Gasteiger partial charge < -0.3 is 29.6 Å². The molecule has 0 atom stereocenters. The van der Waals surface area contributed by atoms with E-state index in [0.29, 0.717) is 41.9 Å². The summed E-state index contributed by atoms with van der Waals surface area (Å²) in [5.74, 6) is 1.88. The van der Waals surface area contributed by atoms with Crippen molar-refractivity contribution in [2.75, 3.05) is 40.3 Å². The second-order valence-corrected chi connectivity index (χ2v) is 5.92. The molecule has 0 aromatic heterocycles. The summed E-state index contributed by atoms with van der Waals surface area (Å²) < 4.78 is 20.7. The largest absolute Gasteiger partial charge is 0.496 e. The van der Waals surface area contributed by atoms with Gasteiger partial charge in [-0.05, 0) is 36.8 Å². The lowest BCUT2D eigenvalue weighted by Crippen LogP contribution is -2.30. The number of anilines is 1. The van der Waals surface area contributed by atoms with E-state index in [2.05, 4.69) is 15.6 Å². The van der Waals surface area contributed by atoms with Crippen molar-refractivity contribution in [3.05, 3.63) is 47.5 Å². The van der Waals surface area contributed by atoms with Gasteiger partial charge in [0.15, 0.2) is 17.5 Å². The molecule has 0 spiro atoms. The van der Waals surface area contributed by atoms with E-state index in [-0.39, 0.29) is 0 Å². The Bertz CT molecular complexity index is 867. The number of aliphatic imine (C=N–C) groups is 1. The first-order valence-corrected chi connectivity index (χ1v) is 9.08. The van der Waals surface area contributed by atoms with Gasteiger partial charge in [-0.15, -0.1) is 0 Å². The van der Waals surface area contributed by atoms with E-state index < -0.39 is 5.97 Å². The van der Waals surface area contributed by atoms with E-state index in [4.69, 9.17) is 18.9 Å². The number of carbonyl (C=O) groups excluding carboxylic acids is 1. The summed E-state index contributed by atoms with van der Waals surface area (Å²) in [5, 5.41) is 6.44. The number of guanidine groups is 1. The fourth-order valence-electron chi connectivity index (χ4n) is 2.64. The molecule has 2 N–H and O–H groups in total. The van der Waals surface area contributed by atoms with Crippen LogP contribution in [0.4, 0.5) is 5.69 Å². The van der Waals surface area contributed by atoms with Crippen LogP contribution in [0, 0.1) is 0 Å². The Labute approximate surface area is 170 Å². The first-order chi connectivity index (χ1) is 14.1. The van der Waals surface area contributed by atoms with Gasteiger partial charge in [-0.25, -0.2) is 9.79 Å². The van der Waals surface area contributed by atoms with Crippen LogP contribution in [0.2, 0.25) is 0 Å². The van der Waals surface area contributed by atoms with Crippen LogP contribution in [0.1, 0.15) is 22.8 Å². The Kier molecular flexibility index (Phi) is 8.14. The molecule has 0 fully saturated rings. The number of nitrogens with one attached hydrogen (secondary N) is 2. The molecule has 0 saturated carbocycles. The Morgan fingerprint density at radius 2 is 1.66 bits per heavy atom. The SMILES string of the molecule is CCNC(=NCc1ccc(C(=O)OC)c(OC)c1)Nc1ccc(OC)c(OC)c1. The van der Waals surface area contributed by atoms with E-state index in [0.717, 1.165) is 11.3 Å². The van der Waals surface area contributed by atoms with Gasteiger partial charge in [0.25, 0.3) is 0 Å². The van der Waals surface area contributed by atoms with Crippen molar-refractivity contribution in [2.45, 2.75) is 13.5 Å². The first-order valence-electron chi connectivity index (χ1n) is 9.08. The van der Waals surface area contributed by atoms with Crippen molar-refractivity contribution >= 4 is 17.6 Å². The zero-order chi connectivity index (χ0) is 21.2. The molecule has 2 aromatic carbocycles. The molecule has 0 amide bonds. The summed E-state index contributed by atoms with van der Waals surface area (Å²) >= 11 is 0.